The molecule has 3 heterocycles. The molecule has 1 aromatic heterocycles. The first-order chi connectivity index (χ1) is 29.0. The summed E-state index contributed by atoms with van der Waals surface area (Å²) in [7, 11) is 0. The molecule has 0 radical (unpaired) electrons. The zero-order chi connectivity index (χ0) is 40.9. The minimum absolute atomic E-state index is 0.0306. The highest BCUT2D eigenvalue weighted by atomic mass is 32.1. The van der Waals surface area contributed by atoms with Crippen LogP contribution >= 0.6 is 11.3 Å². The predicted molar refractivity (Wildman–Crippen MR) is 261 cm³/mol. The van der Waals surface area contributed by atoms with Gasteiger partial charge >= 0.3 is 6.85 Å². The van der Waals surface area contributed by atoms with Crippen molar-refractivity contribution in [3.8, 4) is 33.4 Å². The molecule has 0 aliphatic carbocycles. The molecule has 290 valence electrons. The van der Waals surface area contributed by atoms with Crippen LogP contribution in [0.5, 0.6) is 0 Å². The van der Waals surface area contributed by atoms with Gasteiger partial charge in [-0.25, -0.2) is 0 Å². The second kappa shape index (κ2) is 13.6. The lowest BCUT2D eigenvalue weighted by molar-refractivity contribution is 0.590. The van der Waals surface area contributed by atoms with Crippen molar-refractivity contribution in [3.05, 3.63) is 187 Å². The van der Waals surface area contributed by atoms with Gasteiger partial charge in [-0.2, -0.15) is 0 Å². The van der Waals surface area contributed by atoms with E-state index < -0.39 is 0 Å². The van der Waals surface area contributed by atoms with Gasteiger partial charge in [0.1, 0.15) is 0 Å². The van der Waals surface area contributed by atoms with Crippen LogP contribution in [0.2, 0.25) is 0 Å². The molecule has 0 amide bonds. The molecule has 8 aromatic carbocycles. The van der Waals surface area contributed by atoms with Crippen molar-refractivity contribution < 1.29 is 0 Å². The summed E-state index contributed by atoms with van der Waals surface area (Å²) < 4.78 is 2.63. The lowest BCUT2D eigenvalue weighted by Gasteiger charge is -2.46. The van der Waals surface area contributed by atoms with Gasteiger partial charge in [0.05, 0.1) is 5.69 Å². The molecule has 4 heteroatoms. The van der Waals surface area contributed by atoms with Crippen LogP contribution in [-0.2, 0) is 10.8 Å². The molecule has 0 spiro atoms. The van der Waals surface area contributed by atoms with Gasteiger partial charge in [-0.05, 0) is 127 Å². The van der Waals surface area contributed by atoms with E-state index in [1.807, 2.05) is 11.3 Å². The quantitative estimate of drug-likeness (QED) is 0.164. The largest absolute Gasteiger partial charge is 0.376 e. The topological polar surface area (TPSA) is 6.48 Å². The van der Waals surface area contributed by atoms with Crippen molar-refractivity contribution in [3.63, 3.8) is 0 Å². The van der Waals surface area contributed by atoms with Crippen LogP contribution < -0.4 is 20.6 Å². The Kier molecular flexibility index (Phi) is 8.31. The standard InChI is InChI=1S/C56H47BN2S/c1-55(2,3)39-25-28-41(29-26-39)59-47-30-27-40(56(4,5)6)35-44(47)45-33-38(36-17-9-7-10-18-36)34-49-53(45)57(59)54-48(31-32-51-52(54)43-22-14-16-24-50(43)60-51)58(49)46-23-15-13-21-42(46)37-19-11-8-12-20-37/h7-35H,1-6H3. The molecule has 2 aliphatic rings. The van der Waals surface area contributed by atoms with Crippen LogP contribution in [0.3, 0.4) is 0 Å². The van der Waals surface area contributed by atoms with Crippen molar-refractivity contribution in [2.45, 2.75) is 52.4 Å². The Labute approximate surface area is 358 Å². The number of para-hydroxylation sites is 1. The highest BCUT2D eigenvalue weighted by Crippen LogP contribution is 2.51. The van der Waals surface area contributed by atoms with E-state index in [1.165, 1.54) is 104 Å². The van der Waals surface area contributed by atoms with E-state index in [-0.39, 0.29) is 17.7 Å². The molecule has 0 saturated carbocycles. The Morgan fingerprint density at radius 3 is 1.78 bits per heavy atom. The minimum atomic E-state index is -0.106. The number of hydrogen-bond donors (Lipinski definition) is 0. The fourth-order valence-electron chi connectivity index (χ4n) is 9.73. The SMILES string of the molecule is CC(C)(C)c1ccc(N2B3c4c(cc(-c5ccccc5)cc4N(c4ccccc4-c4ccccc4)c4ccc5sc6ccccc6c5c43)-c3cc(C(C)(C)C)ccc32)cc1. The molecule has 2 aliphatic heterocycles. The Bertz CT molecular complexity index is 3110. The van der Waals surface area contributed by atoms with Crippen molar-refractivity contribution >= 4 is 77.7 Å². The van der Waals surface area contributed by atoms with Gasteiger partial charge in [-0.15, -0.1) is 11.3 Å². The van der Waals surface area contributed by atoms with E-state index in [2.05, 4.69) is 227 Å². The van der Waals surface area contributed by atoms with Gasteiger partial charge in [0, 0.05) is 43.3 Å². The summed E-state index contributed by atoms with van der Waals surface area (Å²) in [4.78, 5) is 5.28. The number of anilines is 5. The minimum Gasteiger partial charge on any atom is -0.376 e. The third-order valence-corrected chi connectivity index (χ3v) is 13.9. The van der Waals surface area contributed by atoms with Gasteiger partial charge in [0.25, 0.3) is 0 Å². The van der Waals surface area contributed by atoms with Crippen LogP contribution in [0.25, 0.3) is 53.6 Å². The summed E-state index contributed by atoms with van der Waals surface area (Å²) in [6, 6.07) is 66.3. The molecule has 0 saturated heterocycles. The summed E-state index contributed by atoms with van der Waals surface area (Å²) >= 11 is 1.90. The van der Waals surface area contributed by atoms with E-state index in [9.17, 15) is 0 Å². The Hall–Kier alpha value is -6.36. The molecule has 9 aromatic rings. The van der Waals surface area contributed by atoms with E-state index in [0.717, 1.165) is 0 Å². The zero-order valence-corrected chi connectivity index (χ0v) is 35.9. The second-order valence-electron chi connectivity index (χ2n) is 18.6. The average Bonchev–Trinajstić information content (AvgIpc) is 3.65. The van der Waals surface area contributed by atoms with Crippen molar-refractivity contribution in [1.29, 1.82) is 0 Å². The van der Waals surface area contributed by atoms with Gasteiger partial charge in [0.2, 0.25) is 0 Å². The third-order valence-electron chi connectivity index (χ3n) is 12.8. The van der Waals surface area contributed by atoms with Crippen molar-refractivity contribution in [2.75, 3.05) is 9.71 Å². The zero-order valence-electron chi connectivity index (χ0n) is 35.1. The maximum Gasteiger partial charge on any atom is 0.333 e. The summed E-state index contributed by atoms with van der Waals surface area (Å²) in [5, 5.41) is 2.66. The fraction of sp³-hybridized carbons (Fsp3) is 0.143. The third kappa shape index (κ3) is 5.76. The number of rotatable bonds is 4. The molecular weight excluding hydrogens is 744 g/mol. The Morgan fingerprint density at radius 1 is 0.417 bits per heavy atom. The van der Waals surface area contributed by atoms with Gasteiger partial charge in [-0.1, -0.05) is 157 Å². The maximum atomic E-state index is 2.67. The highest BCUT2D eigenvalue weighted by Gasteiger charge is 2.47. The van der Waals surface area contributed by atoms with E-state index >= 15 is 0 Å². The average molecular weight is 791 g/mol. The Balaban J connectivity index is 1.32. The fourth-order valence-corrected chi connectivity index (χ4v) is 10.9. The lowest BCUT2D eigenvalue weighted by Crippen LogP contribution is -2.61. The van der Waals surface area contributed by atoms with Crippen molar-refractivity contribution in [2.24, 2.45) is 0 Å². The molecular formula is C56H47BN2S. The molecule has 0 fully saturated rings. The summed E-state index contributed by atoms with van der Waals surface area (Å²) in [5.74, 6) is 0. The van der Waals surface area contributed by atoms with Gasteiger partial charge in [0.15, 0.2) is 0 Å². The van der Waals surface area contributed by atoms with Crippen LogP contribution in [0, 0.1) is 0 Å². The lowest BCUT2D eigenvalue weighted by atomic mass is 9.42. The van der Waals surface area contributed by atoms with Crippen LogP contribution in [0.15, 0.2) is 176 Å². The van der Waals surface area contributed by atoms with E-state index in [4.69, 9.17) is 0 Å². The number of fused-ring (bicyclic) bond motifs is 8. The first kappa shape index (κ1) is 36.7. The summed E-state index contributed by atoms with van der Waals surface area (Å²) in [6.07, 6.45) is 0. The van der Waals surface area contributed by atoms with Gasteiger partial charge in [-0.3, -0.25) is 0 Å². The Morgan fingerprint density at radius 2 is 1.05 bits per heavy atom. The predicted octanol–water partition coefficient (Wildman–Crippen LogP) is 14.7. The first-order valence-corrected chi connectivity index (χ1v) is 22.0. The number of benzene rings is 8. The van der Waals surface area contributed by atoms with E-state index in [0.29, 0.717) is 0 Å². The molecule has 11 rings (SSSR count). The molecule has 0 unspecified atom stereocenters. The second-order valence-corrected chi connectivity index (χ2v) is 19.6. The summed E-state index contributed by atoms with van der Waals surface area (Å²) in [5.41, 5.74) is 18.8. The van der Waals surface area contributed by atoms with E-state index in [1.54, 1.807) is 0 Å². The van der Waals surface area contributed by atoms with Crippen LogP contribution in [-0.4, -0.2) is 6.85 Å². The number of hydrogen-bond acceptors (Lipinski definition) is 3. The number of nitrogens with zero attached hydrogens (tertiary/aromatic N) is 2. The molecule has 60 heavy (non-hydrogen) atoms. The maximum absolute atomic E-state index is 2.67. The highest BCUT2D eigenvalue weighted by molar-refractivity contribution is 7.26. The monoisotopic (exact) mass is 790 g/mol. The molecule has 0 N–H and O–H groups in total. The first-order valence-electron chi connectivity index (χ1n) is 21.2. The molecule has 0 atom stereocenters. The smallest absolute Gasteiger partial charge is 0.333 e. The molecule has 0 bridgehead atoms. The van der Waals surface area contributed by atoms with Gasteiger partial charge < -0.3 is 9.71 Å². The van der Waals surface area contributed by atoms with Crippen LogP contribution in [0.1, 0.15) is 52.7 Å². The number of thiophene rings is 1. The van der Waals surface area contributed by atoms with Crippen molar-refractivity contribution in [1.82, 2.24) is 0 Å². The molecule has 2 nitrogen and oxygen atoms in total. The van der Waals surface area contributed by atoms with Crippen LogP contribution in [0.4, 0.5) is 28.4 Å². The normalized spacial score (nSPS) is 13.4. The summed E-state index contributed by atoms with van der Waals surface area (Å²) in [6.45, 7) is 13.8.